The van der Waals surface area contributed by atoms with Gasteiger partial charge in [-0.05, 0) is 43.4 Å². The third-order valence-corrected chi connectivity index (χ3v) is 22.9. The van der Waals surface area contributed by atoms with E-state index in [-0.39, 0.29) is 25.7 Å². The molecule has 0 radical (unpaired) electrons. The Bertz CT molecular complexity index is 2060. The number of aliphatic hydroxyl groups excluding tert-OH is 1. The molecular weight excluding hydrogens is 1390 g/mol. The van der Waals surface area contributed by atoms with E-state index in [1.54, 1.807) is 0 Å². The lowest BCUT2D eigenvalue weighted by Crippen LogP contribution is -2.30. The summed E-state index contributed by atoms with van der Waals surface area (Å²) in [5.74, 6) is 0.264. The standard InChI is InChI=1S/C88H172O17P2/c1-8-10-11-12-13-14-15-16-17-18-19-20-24-27-30-33-41-48-55-62-69-85(90)98-75-83(104-87(92)71-64-57-50-42-34-31-28-25-22-21-23-26-29-32-38-45-52-59-66-79(3)4)77-102-106(94,95)100-73-82(89)74-101-107(96,97)103-78-84(76-99-86(91)70-63-56-49-44-37-39-46-53-60-67-80(5)6)105-88(93)72-65-58-51-43-36-35-40-47-54-61-68-81(7)9-2/h79-84,89H,8-78H2,1-7H3,(H,94,95)(H,96,97)/t81?,82-,83-,84-/m1/s1. The van der Waals surface area contributed by atoms with Gasteiger partial charge in [-0.25, -0.2) is 9.13 Å². The number of rotatable bonds is 86. The molecule has 0 aliphatic heterocycles. The van der Waals surface area contributed by atoms with Crippen molar-refractivity contribution in [1.82, 2.24) is 0 Å². The Labute approximate surface area is 658 Å². The fourth-order valence-corrected chi connectivity index (χ4v) is 15.3. The Kier molecular flexibility index (Phi) is 76.6. The molecule has 6 atom stereocenters. The van der Waals surface area contributed by atoms with E-state index in [1.807, 2.05) is 0 Å². The Hall–Kier alpha value is -1.94. The average Bonchev–Trinajstić information content (AvgIpc) is 0.902. The molecule has 3 unspecified atom stereocenters. The van der Waals surface area contributed by atoms with E-state index in [0.717, 1.165) is 108 Å². The van der Waals surface area contributed by atoms with E-state index in [2.05, 4.69) is 48.5 Å². The highest BCUT2D eigenvalue weighted by Crippen LogP contribution is 2.45. The molecule has 0 aromatic rings. The number of phosphoric acid groups is 2. The van der Waals surface area contributed by atoms with Gasteiger partial charge in [-0.1, -0.05) is 414 Å². The Morgan fingerprint density at radius 1 is 0.271 bits per heavy atom. The van der Waals surface area contributed by atoms with Crippen LogP contribution in [0.25, 0.3) is 0 Å². The van der Waals surface area contributed by atoms with Crippen molar-refractivity contribution in [2.24, 2.45) is 17.8 Å². The van der Waals surface area contributed by atoms with E-state index < -0.39 is 97.5 Å². The second-order valence-electron chi connectivity index (χ2n) is 32.8. The van der Waals surface area contributed by atoms with Crippen LogP contribution in [0, 0.1) is 17.8 Å². The van der Waals surface area contributed by atoms with Crippen molar-refractivity contribution < 1.29 is 80.2 Å². The number of hydrogen-bond donors (Lipinski definition) is 3. The van der Waals surface area contributed by atoms with Gasteiger partial charge in [-0.15, -0.1) is 0 Å². The zero-order valence-electron chi connectivity index (χ0n) is 70.6. The number of aliphatic hydroxyl groups is 1. The summed E-state index contributed by atoms with van der Waals surface area (Å²) in [6.07, 6.45) is 69.5. The van der Waals surface area contributed by atoms with Gasteiger partial charge in [0.1, 0.15) is 19.3 Å². The topological polar surface area (TPSA) is 237 Å². The predicted octanol–water partition coefficient (Wildman–Crippen LogP) is 26.9. The molecule has 0 rings (SSSR count). The maximum Gasteiger partial charge on any atom is 0.472 e. The molecule has 17 nitrogen and oxygen atoms in total. The molecule has 107 heavy (non-hydrogen) atoms. The maximum absolute atomic E-state index is 13.2. The van der Waals surface area contributed by atoms with Crippen LogP contribution in [0.2, 0.25) is 0 Å². The summed E-state index contributed by atoms with van der Waals surface area (Å²) in [6.45, 7) is 12.0. The molecule has 0 aromatic heterocycles. The van der Waals surface area contributed by atoms with Gasteiger partial charge in [0, 0.05) is 25.7 Å². The number of phosphoric ester groups is 2. The van der Waals surface area contributed by atoms with Gasteiger partial charge in [-0.3, -0.25) is 37.3 Å². The highest BCUT2D eigenvalue weighted by molar-refractivity contribution is 7.47. The minimum Gasteiger partial charge on any atom is -0.462 e. The van der Waals surface area contributed by atoms with Crippen LogP contribution in [0.5, 0.6) is 0 Å². The lowest BCUT2D eigenvalue weighted by molar-refractivity contribution is -0.161. The number of carbonyl (C=O) groups is 4. The molecule has 0 amide bonds. The minimum absolute atomic E-state index is 0.106. The summed E-state index contributed by atoms with van der Waals surface area (Å²) in [6, 6.07) is 0. The first kappa shape index (κ1) is 105. The molecule has 0 aliphatic rings. The van der Waals surface area contributed by atoms with Gasteiger partial charge in [0.05, 0.1) is 26.4 Å². The number of hydrogen-bond acceptors (Lipinski definition) is 15. The highest BCUT2D eigenvalue weighted by atomic mass is 31.2. The molecule has 0 bridgehead atoms. The van der Waals surface area contributed by atoms with Crippen LogP contribution in [0.4, 0.5) is 0 Å². The first-order chi connectivity index (χ1) is 51.8. The smallest absolute Gasteiger partial charge is 0.462 e. The van der Waals surface area contributed by atoms with Crippen LogP contribution in [0.3, 0.4) is 0 Å². The van der Waals surface area contributed by atoms with Gasteiger partial charge in [-0.2, -0.15) is 0 Å². The summed E-state index contributed by atoms with van der Waals surface area (Å²) in [5, 5.41) is 10.7. The monoisotopic (exact) mass is 1560 g/mol. The average molecular weight is 1560 g/mol. The lowest BCUT2D eigenvalue weighted by atomic mass is 9.99. The summed E-state index contributed by atoms with van der Waals surface area (Å²) < 4.78 is 69.0. The molecule has 0 spiro atoms. The Morgan fingerprint density at radius 2 is 0.477 bits per heavy atom. The lowest BCUT2D eigenvalue weighted by Gasteiger charge is -2.21. The Balaban J connectivity index is 5.24. The number of ether oxygens (including phenoxy) is 4. The first-order valence-electron chi connectivity index (χ1n) is 45.4. The van der Waals surface area contributed by atoms with E-state index in [1.165, 1.54) is 276 Å². The fourth-order valence-electron chi connectivity index (χ4n) is 13.7. The molecule has 0 saturated carbocycles. The summed E-state index contributed by atoms with van der Waals surface area (Å²) >= 11 is 0. The molecular formula is C88H172O17P2. The van der Waals surface area contributed by atoms with Gasteiger partial charge in [0.25, 0.3) is 0 Å². The second kappa shape index (κ2) is 78.0. The third-order valence-electron chi connectivity index (χ3n) is 21.0. The van der Waals surface area contributed by atoms with Gasteiger partial charge in [0.2, 0.25) is 0 Å². The number of carbonyl (C=O) groups excluding carboxylic acids is 4. The zero-order chi connectivity index (χ0) is 78.6. The van der Waals surface area contributed by atoms with Crippen LogP contribution in [-0.4, -0.2) is 96.7 Å². The van der Waals surface area contributed by atoms with Crippen LogP contribution in [0.1, 0.15) is 466 Å². The summed E-state index contributed by atoms with van der Waals surface area (Å²) in [4.78, 5) is 73.3. The summed E-state index contributed by atoms with van der Waals surface area (Å²) in [5.41, 5.74) is 0. The van der Waals surface area contributed by atoms with Gasteiger partial charge < -0.3 is 33.8 Å². The Morgan fingerprint density at radius 3 is 0.710 bits per heavy atom. The van der Waals surface area contributed by atoms with Crippen molar-refractivity contribution in [1.29, 1.82) is 0 Å². The molecule has 0 fully saturated rings. The van der Waals surface area contributed by atoms with Crippen molar-refractivity contribution >= 4 is 39.5 Å². The fraction of sp³-hybridized carbons (Fsp3) is 0.955. The van der Waals surface area contributed by atoms with Crippen molar-refractivity contribution in [3.8, 4) is 0 Å². The maximum atomic E-state index is 13.2. The highest BCUT2D eigenvalue weighted by Gasteiger charge is 2.31. The normalized spacial score (nSPS) is 14.1. The predicted molar refractivity (Wildman–Crippen MR) is 441 cm³/mol. The van der Waals surface area contributed by atoms with Crippen LogP contribution >= 0.6 is 15.6 Å². The molecule has 0 aliphatic carbocycles. The summed E-state index contributed by atoms with van der Waals surface area (Å²) in [7, 11) is -9.93. The van der Waals surface area contributed by atoms with Crippen LogP contribution < -0.4 is 0 Å². The molecule has 0 aromatic carbocycles. The SMILES string of the molecule is CCCCCCCCCCCCCCCCCCCCCCC(=O)OC[C@H](COP(=O)(O)OC[C@@H](O)COP(=O)(O)OC[C@@H](COC(=O)CCCCCCCCCCCC(C)C)OC(=O)CCCCCCCCCCCCC(C)CC)OC(=O)CCCCCCCCCCCCCCCCCCCCC(C)C. The largest absolute Gasteiger partial charge is 0.472 e. The van der Waals surface area contributed by atoms with Crippen LogP contribution in [0.15, 0.2) is 0 Å². The zero-order valence-corrected chi connectivity index (χ0v) is 72.4. The number of unbranched alkanes of at least 4 members (excludes halogenated alkanes) is 53. The third kappa shape index (κ3) is 80.5. The van der Waals surface area contributed by atoms with Gasteiger partial charge in [0.15, 0.2) is 12.2 Å². The number of esters is 4. The van der Waals surface area contributed by atoms with Gasteiger partial charge >= 0.3 is 39.5 Å². The van der Waals surface area contributed by atoms with E-state index in [9.17, 15) is 43.2 Å². The minimum atomic E-state index is -4.97. The van der Waals surface area contributed by atoms with Crippen molar-refractivity contribution in [2.45, 2.75) is 484 Å². The first-order valence-corrected chi connectivity index (χ1v) is 48.4. The second-order valence-corrected chi connectivity index (χ2v) is 35.7. The van der Waals surface area contributed by atoms with E-state index >= 15 is 0 Å². The molecule has 3 N–H and O–H groups in total. The quantitative estimate of drug-likeness (QED) is 0.0222. The van der Waals surface area contributed by atoms with Crippen molar-refractivity contribution in [3.63, 3.8) is 0 Å². The van der Waals surface area contributed by atoms with Crippen molar-refractivity contribution in [3.05, 3.63) is 0 Å². The van der Waals surface area contributed by atoms with Crippen molar-refractivity contribution in [2.75, 3.05) is 39.6 Å². The molecule has 0 saturated heterocycles. The molecule has 19 heteroatoms. The van der Waals surface area contributed by atoms with E-state index in [4.69, 9.17) is 37.0 Å². The molecule has 0 heterocycles. The van der Waals surface area contributed by atoms with Crippen LogP contribution in [-0.2, 0) is 65.4 Å². The molecule has 636 valence electrons. The van der Waals surface area contributed by atoms with E-state index in [0.29, 0.717) is 25.7 Å².